The summed E-state index contributed by atoms with van der Waals surface area (Å²) in [7, 11) is 1.79. The van der Waals surface area contributed by atoms with Crippen LogP contribution in [0, 0.1) is 6.92 Å². The number of hydrogen-bond donors (Lipinski definition) is 2. The highest BCUT2D eigenvalue weighted by Crippen LogP contribution is 2.23. The van der Waals surface area contributed by atoms with Crippen LogP contribution in [0.2, 0.25) is 5.02 Å². The molecule has 2 N–H and O–H groups in total. The Morgan fingerprint density at radius 1 is 1.26 bits per heavy atom. The lowest BCUT2D eigenvalue weighted by Gasteiger charge is -2.20. The number of hydrogen-bond acceptors (Lipinski definition) is 4. The first-order valence-electron chi connectivity index (χ1n) is 10.1. The monoisotopic (exact) mass is 551 g/mol. The van der Waals surface area contributed by atoms with Crippen molar-refractivity contribution in [3.05, 3.63) is 71.4 Å². The van der Waals surface area contributed by atoms with Crippen LogP contribution in [0.4, 0.5) is 5.69 Å². The molecule has 0 radical (unpaired) electrons. The van der Waals surface area contributed by atoms with Gasteiger partial charge in [0.15, 0.2) is 5.96 Å². The van der Waals surface area contributed by atoms with Crippen molar-refractivity contribution in [3.8, 4) is 5.82 Å². The average molecular weight is 552 g/mol. The van der Waals surface area contributed by atoms with Gasteiger partial charge in [-0.25, -0.2) is 9.97 Å². The summed E-state index contributed by atoms with van der Waals surface area (Å²) >= 11 is 6.13. The van der Waals surface area contributed by atoms with Gasteiger partial charge in [-0.05, 0) is 43.2 Å². The van der Waals surface area contributed by atoms with Gasteiger partial charge in [-0.15, -0.1) is 24.0 Å². The molecule has 1 aromatic carbocycles. The number of benzene rings is 1. The number of halogens is 2. The molecule has 3 aromatic rings. The molecule has 0 saturated carbocycles. The van der Waals surface area contributed by atoms with E-state index >= 15 is 0 Å². The normalized spacial score (nSPS) is 16.2. The van der Waals surface area contributed by atoms with Crippen molar-refractivity contribution in [3.63, 3.8) is 0 Å². The molecule has 31 heavy (non-hydrogen) atoms. The summed E-state index contributed by atoms with van der Waals surface area (Å²) in [6.07, 6.45) is 6.62. The molecule has 3 heterocycles. The largest absolute Gasteiger partial charge is 0.369 e. The molecule has 7 nitrogen and oxygen atoms in total. The van der Waals surface area contributed by atoms with Crippen LogP contribution in [0.25, 0.3) is 5.82 Å². The second-order valence-electron chi connectivity index (χ2n) is 7.35. The highest BCUT2D eigenvalue weighted by molar-refractivity contribution is 14.0. The summed E-state index contributed by atoms with van der Waals surface area (Å²) in [6, 6.07) is 12.4. The number of imidazole rings is 1. The zero-order valence-corrected chi connectivity index (χ0v) is 20.7. The standard InChI is InChI=1S/C22H26ClN7.HI/c1-16-25-9-11-30(16)21-7-6-17(13-26-21)14-27-22(24-2)28-19-8-10-29(15-19)20-5-3-4-18(23)12-20;/h3-7,9,11-13,19H,8,10,14-15H2,1-2H3,(H2,24,27,28);1H. The summed E-state index contributed by atoms with van der Waals surface area (Å²) in [5.74, 6) is 2.58. The SMILES string of the molecule is CN=C(NCc1ccc(-n2ccnc2C)nc1)NC1CCN(c2cccc(Cl)c2)C1.I. The first kappa shape index (κ1) is 23.3. The molecule has 4 rings (SSSR count). The van der Waals surface area contributed by atoms with Crippen molar-refractivity contribution in [2.24, 2.45) is 4.99 Å². The fourth-order valence-electron chi connectivity index (χ4n) is 3.64. The molecule has 1 aliphatic heterocycles. The smallest absolute Gasteiger partial charge is 0.191 e. The summed E-state index contributed by atoms with van der Waals surface area (Å²) in [6.45, 7) is 4.53. The minimum atomic E-state index is 0. The maximum atomic E-state index is 6.13. The van der Waals surface area contributed by atoms with Crippen molar-refractivity contribution in [2.75, 3.05) is 25.0 Å². The molecule has 1 atom stereocenters. The fourth-order valence-corrected chi connectivity index (χ4v) is 3.83. The van der Waals surface area contributed by atoms with E-state index in [4.69, 9.17) is 11.6 Å². The van der Waals surface area contributed by atoms with Gasteiger partial charge in [0.1, 0.15) is 11.6 Å². The van der Waals surface area contributed by atoms with E-state index in [2.05, 4.69) is 42.6 Å². The minimum absolute atomic E-state index is 0. The second kappa shape index (κ2) is 10.8. The van der Waals surface area contributed by atoms with E-state index in [-0.39, 0.29) is 24.0 Å². The molecule has 0 aliphatic carbocycles. The van der Waals surface area contributed by atoms with E-state index in [1.807, 2.05) is 48.1 Å². The maximum Gasteiger partial charge on any atom is 0.191 e. The van der Waals surface area contributed by atoms with E-state index in [1.54, 1.807) is 13.2 Å². The summed E-state index contributed by atoms with van der Waals surface area (Å²) in [5.41, 5.74) is 2.25. The predicted molar refractivity (Wildman–Crippen MR) is 137 cm³/mol. The van der Waals surface area contributed by atoms with Crippen molar-refractivity contribution in [2.45, 2.75) is 25.9 Å². The van der Waals surface area contributed by atoms with E-state index in [0.29, 0.717) is 12.6 Å². The Morgan fingerprint density at radius 3 is 2.81 bits per heavy atom. The number of aromatic nitrogens is 3. The third kappa shape index (κ3) is 5.88. The van der Waals surface area contributed by atoms with Gasteiger partial charge in [-0.3, -0.25) is 9.56 Å². The molecule has 0 amide bonds. The number of rotatable bonds is 5. The van der Waals surface area contributed by atoms with Crippen LogP contribution in [0.15, 0.2) is 60.0 Å². The average Bonchev–Trinajstić information content (AvgIpc) is 3.40. The van der Waals surface area contributed by atoms with Gasteiger partial charge >= 0.3 is 0 Å². The number of nitrogens with zero attached hydrogens (tertiary/aromatic N) is 5. The van der Waals surface area contributed by atoms with Crippen LogP contribution in [0.3, 0.4) is 0 Å². The topological polar surface area (TPSA) is 70.4 Å². The quantitative estimate of drug-likeness (QED) is 0.287. The lowest BCUT2D eigenvalue weighted by atomic mass is 10.2. The van der Waals surface area contributed by atoms with Gasteiger partial charge in [0, 0.05) is 62.0 Å². The van der Waals surface area contributed by atoms with Gasteiger partial charge in [0.05, 0.1) is 0 Å². The third-order valence-electron chi connectivity index (χ3n) is 5.27. The van der Waals surface area contributed by atoms with Gasteiger partial charge in [-0.1, -0.05) is 23.7 Å². The van der Waals surface area contributed by atoms with Crippen molar-refractivity contribution in [1.29, 1.82) is 0 Å². The van der Waals surface area contributed by atoms with Gasteiger partial charge < -0.3 is 15.5 Å². The van der Waals surface area contributed by atoms with Gasteiger partial charge in [-0.2, -0.15) is 0 Å². The Morgan fingerprint density at radius 2 is 2.13 bits per heavy atom. The van der Waals surface area contributed by atoms with Crippen LogP contribution in [0.5, 0.6) is 0 Å². The molecule has 2 aromatic heterocycles. The zero-order chi connectivity index (χ0) is 20.9. The van der Waals surface area contributed by atoms with Crippen LogP contribution < -0.4 is 15.5 Å². The van der Waals surface area contributed by atoms with Crippen molar-refractivity contribution >= 4 is 47.2 Å². The first-order chi connectivity index (χ1) is 14.6. The lowest BCUT2D eigenvalue weighted by molar-refractivity contribution is 0.648. The van der Waals surface area contributed by atoms with E-state index in [1.165, 1.54) is 0 Å². The van der Waals surface area contributed by atoms with E-state index < -0.39 is 0 Å². The number of anilines is 1. The molecule has 9 heteroatoms. The Labute approximate surface area is 205 Å². The van der Waals surface area contributed by atoms with Gasteiger partial charge in [0.2, 0.25) is 0 Å². The molecule has 164 valence electrons. The summed E-state index contributed by atoms with van der Waals surface area (Å²) in [5, 5.41) is 7.67. The molecule has 0 bridgehead atoms. The molecule has 1 aliphatic rings. The highest BCUT2D eigenvalue weighted by atomic mass is 127. The van der Waals surface area contributed by atoms with Crippen LogP contribution in [-0.2, 0) is 6.54 Å². The number of aryl methyl sites for hydroxylation is 1. The van der Waals surface area contributed by atoms with Crippen LogP contribution in [0.1, 0.15) is 17.8 Å². The Bertz CT molecular complexity index is 1020. The molecule has 1 unspecified atom stereocenters. The summed E-state index contributed by atoms with van der Waals surface area (Å²) < 4.78 is 1.96. The van der Waals surface area contributed by atoms with E-state index in [9.17, 15) is 0 Å². The number of aliphatic imine (C=N–C) groups is 1. The second-order valence-corrected chi connectivity index (χ2v) is 7.79. The molecule has 1 saturated heterocycles. The summed E-state index contributed by atoms with van der Waals surface area (Å²) in [4.78, 5) is 15.5. The molecular weight excluding hydrogens is 525 g/mol. The Kier molecular flexibility index (Phi) is 8.14. The van der Waals surface area contributed by atoms with Crippen LogP contribution >= 0.6 is 35.6 Å². The fraction of sp³-hybridized carbons (Fsp3) is 0.318. The van der Waals surface area contributed by atoms with E-state index in [0.717, 1.165) is 53.4 Å². The maximum absolute atomic E-state index is 6.13. The van der Waals surface area contributed by atoms with Crippen molar-refractivity contribution in [1.82, 2.24) is 25.2 Å². The number of guanidine groups is 1. The number of pyridine rings is 1. The lowest BCUT2D eigenvalue weighted by Crippen LogP contribution is -2.44. The third-order valence-corrected chi connectivity index (χ3v) is 5.50. The van der Waals surface area contributed by atoms with Gasteiger partial charge in [0.25, 0.3) is 0 Å². The highest BCUT2D eigenvalue weighted by Gasteiger charge is 2.23. The van der Waals surface area contributed by atoms with Crippen LogP contribution in [-0.4, -0.2) is 46.7 Å². The molecule has 1 fully saturated rings. The first-order valence-corrected chi connectivity index (χ1v) is 10.4. The Hall–Kier alpha value is -2.33. The molecular formula is C22H27ClIN7. The Balaban J connectivity index is 0.00000272. The number of nitrogens with one attached hydrogen (secondary N) is 2. The predicted octanol–water partition coefficient (Wildman–Crippen LogP) is 3.79. The molecule has 0 spiro atoms. The zero-order valence-electron chi connectivity index (χ0n) is 17.6. The minimum Gasteiger partial charge on any atom is -0.369 e. The van der Waals surface area contributed by atoms with Crippen molar-refractivity contribution < 1.29 is 0 Å².